The average molecular weight is 290 g/mol. The molecule has 0 bridgehead atoms. The van der Waals surface area contributed by atoms with Crippen molar-refractivity contribution in [2.24, 2.45) is 0 Å². The van der Waals surface area contributed by atoms with Crippen molar-refractivity contribution in [3.63, 3.8) is 0 Å². The van der Waals surface area contributed by atoms with Gasteiger partial charge < -0.3 is 14.0 Å². The SMILES string of the molecule is CCOC(=O)c1ccc(C)c(B2OC(C)(C)C(C)(C)O2)c1. The fraction of sp³-hybridized carbons (Fsp3) is 0.562. The van der Waals surface area contributed by atoms with Gasteiger partial charge >= 0.3 is 13.1 Å². The molecule has 1 saturated heterocycles. The molecule has 21 heavy (non-hydrogen) atoms. The molecule has 114 valence electrons. The second-order valence-electron chi connectivity index (χ2n) is 6.38. The summed E-state index contributed by atoms with van der Waals surface area (Å²) in [6.07, 6.45) is 0. The van der Waals surface area contributed by atoms with Crippen LogP contribution in [0.2, 0.25) is 0 Å². The zero-order valence-electron chi connectivity index (χ0n) is 13.6. The average Bonchev–Trinajstić information content (AvgIpc) is 2.59. The van der Waals surface area contributed by atoms with Crippen molar-refractivity contribution in [3.8, 4) is 0 Å². The van der Waals surface area contributed by atoms with Crippen molar-refractivity contribution >= 4 is 18.6 Å². The van der Waals surface area contributed by atoms with Gasteiger partial charge in [0.15, 0.2) is 0 Å². The fourth-order valence-electron chi connectivity index (χ4n) is 2.21. The molecule has 4 nitrogen and oxygen atoms in total. The van der Waals surface area contributed by atoms with Crippen molar-refractivity contribution < 1.29 is 18.8 Å². The van der Waals surface area contributed by atoms with Crippen molar-refractivity contribution in [3.05, 3.63) is 29.3 Å². The van der Waals surface area contributed by atoms with E-state index in [9.17, 15) is 4.79 Å². The summed E-state index contributed by atoms with van der Waals surface area (Å²) in [7, 11) is -0.468. The van der Waals surface area contributed by atoms with Gasteiger partial charge in [-0.2, -0.15) is 0 Å². The summed E-state index contributed by atoms with van der Waals surface area (Å²) in [6.45, 7) is 12.2. The second-order valence-corrected chi connectivity index (χ2v) is 6.38. The summed E-state index contributed by atoms with van der Waals surface area (Å²) in [5.74, 6) is -0.324. The molecule has 0 aromatic heterocycles. The van der Waals surface area contributed by atoms with Crippen LogP contribution < -0.4 is 5.46 Å². The molecule has 0 radical (unpaired) electrons. The van der Waals surface area contributed by atoms with E-state index in [1.54, 1.807) is 19.1 Å². The number of carbonyl (C=O) groups is 1. The lowest BCUT2D eigenvalue weighted by Gasteiger charge is -2.32. The number of carbonyl (C=O) groups excluding carboxylic acids is 1. The third kappa shape index (κ3) is 2.99. The monoisotopic (exact) mass is 290 g/mol. The smallest absolute Gasteiger partial charge is 0.462 e. The highest BCUT2D eigenvalue weighted by Crippen LogP contribution is 2.36. The van der Waals surface area contributed by atoms with E-state index in [0.717, 1.165) is 11.0 Å². The van der Waals surface area contributed by atoms with Crippen LogP contribution >= 0.6 is 0 Å². The largest absolute Gasteiger partial charge is 0.495 e. The summed E-state index contributed by atoms with van der Waals surface area (Å²) in [5, 5.41) is 0. The van der Waals surface area contributed by atoms with Crippen molar-refractivity contribution in [1.82, 2.24) is 0 Å². The van der Waals surface area contributed by atoms with E-state index in [-0.39, 0.29) is 5.97 Å². The van der Waals surface area contributed by atoms with Gasteiger partial charge in [0.2, 0.25) is 0 Å². The molecule has 0 amide bonds. The quantitative estimate of drug-likeness (QED) is 0.633. The molecule has 0 aliphatic carbocycles. The number of rotatable bonds is 3. The van der Waals surface area contributed by atoms with Crippen molar-refractivity contribution in [2.75, 3.05) is 6.61 Å². The lowest BCUT2D eigenvalue weighted by atomic mass is 9.75. The molecule has 0 atom stereocenters. The van der Waals surface area contributed by atoms with Gasteiger partial charge in [-0.15, -0.1) is 0 Å². The Morgan fingerprint density at radius 1 is 1.19 bits per heavy atom. The number of ether oxygens (including phenoxy) is 1. The minimum atomic E-state index is -0.468. The number of esters is 1. The van der Waals surface area contributed by atoms with E-state index >= 15 is 0 Å². The fourth-order valence-corrected chi connectivity index (χ4v) is 2.21. The molecule has 0 N–H and O–H groups in total. The van der Waals surface area contributed by atoms with Crippen LogP contribution in [0.25, 0.3) is 0 Å². The van der Waals surface area contributed by atoms with E-state index in [2.05, 4.69) is 0 Å². The highest BCUT2D eigenvalue weighted by molar-refractivity contribution is 6.62. The van der Waals surface area contributed by atoms with Gasteiger partial charge in [0.1, 0.15) is 0 Å². The molecule has 0 spiro atoms. The van der Waals surface area contributed by atoms with E-state index in [1.807, 2.05) is 40.7 Å². The van der Waals surface area contributed by atoms with Gasteiger partial charge in [-0.3, -0.25) is 0 Å². The Bertz CT molecular complexity index is 535. The highest BCUT2D eigenvalue weighted by Gasteiger charge is 2.52. The predicted octanol–water partition coefficient (Wildman–Crippen LogP) is 2.47. The first-order chi connectivity index (χ1) is 9.68. The van der Waals surface area contributed by atoms with Gasteiger partial charge in [-0.05, 0) is 59.1 Å². The Kier molecular flexibility index (Phi) is 4.18. The summed E-state index contributed by atoms with van der Waals surface area (Å²) in [5.41, 5.74) is 1.63. The Hall–Kier alpha value is -1.33. The zero-order chi connectivity index (χ0) is 15.8. The Balaban J connectivity index is 2.33. The van der Waals surface area contributed by atoms with Crippen LogP contribution in [0.4, 0.5) is 0 Å². The van der Waals surface area contributed by atoms with Crippen LogP contribution in [0, 0.1) is 6.92 Å². The maximum Gasteiger partial charge on any atom is 0.495 e. The maximum atomic E-state index is 11.9. The molecule has 0 unspecified atom stereocenters. The molecule has 0 saturated carbocycles. The third-order valence-electron chi connectivity index (χ3n) is 4.30. The molecular weight excluding hydrogens is 267 g/mol. The van der Waals surface area contributed by atoms with Gasteiger partial charge in [-0.1, -0.05) is 11.6 Å². The third-order valence-corrected chi connectivity index (χ3v) is 4.30. The number of benzene rings is 1. The van der Waals surface area contributed by atoms with Crippen LogP contribution in [-0.2, 0) is 14.0 Å². The summed E-state index contributed by atoms with van der Waals surface area (Å²) in [4.78, 5) is 11.9. The zero-order valence-corrected chi connectivity index (χ0v) is 13.6. The normalized spacial score (nSPS) is 19.6. The first kappa shape index (κ1) is 16.1. The van der Waals surface area contributed by atoms with E-state index in [4.69, 9.17) is 14.0 Å². The first-order valence-electron chi connectivity index (χ1n) is 7.31. The van der Waals surface area contributed by atoms with E-state index < -0.39 is 18.3 Å². The lowest BCUT2D eigenvalue weighted by Crippen LogP contribution is -2.41. The van der Waals surface area contributed by atoms with Gasteiger partial charge in [0.05, 0.1) is 23.4 Å². The van der Waals surface area contributed by atoms with Crippen LogP contribution in [0.1, 0.15) is 50.5 Å². The second kappa shape index (κ2) is 5.46. The standard InChI is InChI=1S/C16H23BO4/c1-7-19-14(18)12-9-8-11(2)13(10-12)17-20-15(3,4)16(5,6)21-17/h8-10H,7H2,1-6H3. The molecule has 1 fully saturated rings. The Morgan fingerprint density at radius 2 is 1.76 bits per heavy atom. The van der Waals surface area contributed by atoms with E-state index in [0.29, 0.717) is 12.2 Å². The Labute approximate surface area is 126 Å². The molecule has 1 heterocycles. The van der Waals surface area contributed by atoms with Crippen LogP contribution in [0.3, 0.4) is 0 Å². The lowest BCUT2D eigenvalue weighted by molar-refractivity contribution is 0.00578. The first-order valence-corrected chi connectivity index (χ1v) is 7.31. The molecule has 1 aliphatic rings. The van der Waals surface area contributed by atoms with Crippen LogP contribution in [0.15, 0.2) is 18.2 Å². The van der Waals surface area contributed by atoms with Crippen LogP contribution in [-0.4, -0.2) is 30.9 Å². The number of aryl methyl sites for hydroxylation is 1. The molecular formula is C16H23BO4. The molecule has 5 heteroatoms. The van der Waals surface area contributed by atoms with Crippen molar-refractivity contribution in [1.29, 1.82) is 0 Å². The van der Waals surface area contributed by atoms with Gasteiger partial charge in [0.25, 0.3) is 0 Å². The summed E-state index contributed by atoms with van der Waals surface area (Å²) >= 11 is 0. The minimum Gasteiger partial charge on any atom is -0.462 e. The molecule has 2 rings (SSSR count). The molecule has 1 aromatic carbocycles. The Morgan fingerprint density at radius 3 is 2.29 bits per heavy atom. The topological polar surface area (TPSA) is 44.8 Å². The van der Waals surface area contributed by atoms with Gasteiger partial charge in [0, 0.05) is 0 Å². The molecule has 1 aliphatic heterocycles. The molecule has 1 aromatic rings. The van der Waals surface area contributed by atoms with Crippen molar-refractivity contribution in [2.45, 2.75) is 52.7 Å². The summed E-state index contributed by atoms with van der Waals surface area (Å²) in [6, 6.07) is 5.46. The maximum absolute atomic E-state index is 11.9. The predicted molar refractivity (Wildman–Crippen MR) is 82.9 cm³/mol. The van der Waals surface area contributed by atoms with E-state index in [1.165, 1.54) is 0 Å². The summed E-state index contributed by atoms with van der Waals surface area (Å²) < 4.78 is 17.1. The number of hydrogen-bond acceptors (Lipinski definition) is 4. The van der Waals surface area contributed by atoms with Crippen LogP contribution in [0.5, 0.6) is 0 Å². The number of hydrogen-bond donors (Lipinski definition) is 0. The minimum absolute atomic E-state index is 0.324. The van der Waals surface area contributed by atoms with Gasteiger partial charge in [-0.25, -0.2) is 4.79 Å². The highest BCUT2D eigenvalue weighted by atomic mass is 16.7.